The van der Waals surface area contributed by atoms with Crippen LogP contribution in [0, 0.1) is 0 Å². The number of benzene rings is 1. The Morgan fingerprint density at radius 2 is 1.85 bits per heavy atom. The lowest BCUT2D eigenvalue weighted by atomic mass is 10.0. The van der Waals surface area contributed by atoms with Gasteiger partial charge in [-0.1, -0.05) is 38.1 Å². The van der Waals surface area contributed by atoms with Crippen LogP contribution in [0.4, 0.5) is 0 Å². The van der Waals surface area contributed by atoms with E-state index in [4.69, 9.17) is 0 Å². The molecule has 1 aromatic carbocycles. The van der Waals surface area contributed by atoms with Crippen LogP contribution in [-0.2, 0) is 11.3 Å². The van der Waals surface area contributed by atoms with Crippen molar-refractivity contribution in [2.75, 3.05) is 7.05 Å². The average molecular weight is 275 g/mol. The molecule has 1 aromatic rings. The van der Waals surface area contributed by atoms with Crippen molar-refractivity contribution in [1.82, 2.24) is 5.32 Å². The molecule has 20 heavy (non-hydrogen) atoms. The molecule has 3 heteroatoms. The maximum absolute atomic E-state index is 11.9. The summed E-state index contributed by atoms with van der Waals surface area (Å²) in [6, 6.07) is 9.55. The number of carbonyl (C=O) groups excluding carboxylic acids is 1. The molecule has 1 aliphatic carbocycles. The standard InChI is InChI=1S/C17H26N2O/c1-12(2)15-7-5-14(6-8-15)11-19(16-9-10-16)13(3)17(20)18-4/h5-8,12-13,16H,9-11H2,1-4H3,(H,18,20)/p+1/t13-/m1/s1. The van der Waals surface area contributed by atoms with Crippen molar-refractivity contribution in [1.29, 1.82) is 0 Å². The van der Waals surface area contributed by atoms with Crippen LogP contribution < -0.4 is 10.2 Å². The molecule has 3 nitrogen and oxygen atoms in total. The van der Waals surface area contributed by atoms with Gasteiger partial charge in [0.05, 0.1) is 6.04 Å². The Bertz CT molecular complexity index is 449. The molecule has 0 aromatic heterocycles. The Labute approximate surface area is 122 Å². The maximum atomic E-state index is 11.9. The second kappa shape index (κ2) is 6.40. The predicted octanol–water partition coefficient (Wildman–Crippen LogP) is 1.49. The fourth-order valence-corrected chi connectivity index (χ4v) is 2.75. The third-order valence-corrected chi connectivity index (χ3v) is 4.35. The summed E-state index contributed by atoms with van der Waals surface area (Å²) in [5.41, 5.74) is 2.70. The van der Waals surface area contributed by atoms with Gasteiger partial charge in [0.25, 0.3) is 5.91 Å². The van der Waals surface area contributed by atoms with Crippen molar-refractivity contribution in [3.63, 3.8) is 0 Å². The van der Waals surface area contributed by atoms with Crippen LogP contribution in [0.3, 0.4) is 0 Å². The first kappa shape index (κ1) is 15.0. The molecule has 2 atom stereocenters. The van der Waals surface area contributed by atoms with Crippen molar-refractivity contribution in [3.05, 3.63) is 35.4 Å². The Morgan fingerprint density at radius 1 is 1.25 bits per heavy atom. The van der Waals surface area contributed by atoms with Gasteiger partial charge >= 0.3 is 0 Å². The summed E-state index contributed by atoms with van der Waals surface area (Å²) >= 11 is 0. The highest BCUT2D eigenvalue weighted by Gasteiger charge is 2.38. The molecule has 0 bridgehead atoms. The predicted molar refractivity (Wildman–Crippen MR) is 81.7 cm³/mol. The van der Waals surface area contributed by atoms with Gasteiger partial charge in [0.1, 0.15) is 6.54 Å². The van der Waals surface area contributed by atoms with Gasteiger partial charge in [-0.15, -0.1) is 0 Å². The molecule has 2 N–H and O–H groups in total. The summed E-state index contributed by atoms with van der Waals surface area (Å²) in [7, 11) is 1.72. The zero-order valence-corrected chi connectivity index (χ0v) is 13.1. The SMILES string of the molecule is CNC(=O)[C@@H](C)[NH+](Cc1ccc(C(C)C)cc1)C1CC1. The van der Waals surface area contributed by atoms with E-state index in [0.717, 1.165) is 6.54 Å². The molecule has 110 valence electrons. The first-order valence-electron chi connectivity index (χ1n) is 7.69. The quantitative estimate of drug-likeness (QED) is 0.810. The topological polar surface area (TPSA) is 33.5 Å². The highest BCUT2D eigenvalue weighted by atomic mass is 16.2. The Morgan fingerprint density at radius 3 is 2.30 bits per heavy atom. The highest BCUT2D eigenvalue weighted by molar-refractivity contribution is 5.79. The average Bonchev–Trinajstić information content (AvgIpc) is 3.28. The minimum absolute atomic E-state index is 0.0253. The third-order valence-electron chi connectivity index (χ3n) is 4.35. The van der Waals surface area contributed by atoms with Crippen LogP contribution in [0.15, 0.2) is 24.3 Å². The molecule has 0 aliphatic heterocycles. The van der Waals surface area contributed by atoms with E-state index < -0.39 is 0 Å². The van der Waals surface area contributed by atoms with Crippen molar-refractivity contribution in [3.8, 4) is 0 Å². The normalized spacial score (nSPS) is 17.9. The second-order valence-electron chi connectivity index (χ2n) is 6.26. The Balaban J connectivity index is 2.06. The lowest BCUT2D eigenvalue weighted by molar-refractivity contribution is -0.938. The van der Waals surface area contributed by atoms with Crippen molar-refractivity contribution < 1.29 is 9.69 Å². The largest absolute Gasteiger partial charge is 0.354 e. The summed E-state index contributed by atoms with van der Waals surface area (Å²) in [5.74, 6) is 0.714. The first-order valence-corrected chi connectivity index (χ1v) is 7.69. The Kier molecular flexibility index (Phi) is 4.81. The van der Waals surface area contributed by atoms with Gasteiger partial charge in [-0.2, -0.15) is 0 Å². The first-order chi connectivity index (χ1) is 9.52. The van der Waals surface area contributed by atoms with Crippen LogP contribution in [-0.4, -0.2) is 25.0 Å². The van der Waals surface area contributed by atoms with Gasteiger partial charge in [-0.3, -0.25) is 4.79 Å². The number of nitrogens with one attached hydrogen (secondary N) is 2. The molecule has 1 aliphatic rings. The van der Waals surface area contributed by atoms with Gasteiger partial charge in [0, 0.05) is 25.5 Å². The van der Waals surface area contributed by atoms with Gasteiger partial charge in [0.2, 0.25) is 0 Å². The van der Waals surface area contributed by atoms with Crippen molar-refractivity contribution >= 4 is 5.91 Å². The van der Waals surface area contributed by atoms with Gasteiger partial charge in [-0.25, -0.2) is 0 Å². The highest BCUT2D eigenvalue weighted by Crippen LogP contribution is 2.18. The third kappa shape index (κ3) is 3.60. The molecule has 0 spiro atoms. The maximum Gasteiger partial charge on any atom is 0.277 e. The molecule has 1 amide bonds. The molecular formula is C17H27N2O+. The smallest absolute Gasteiger partial charge is 0.277 e. The summed E-state index contributed by atoms with van der Waals surface area (Å²) in [4.78, 5) is 13.3. The van der Waals surface area contributed by atoms with E-state index >= 15 is 0 Å². The van der Waals surface area contributed by atoms with Crippen LogP contribution in [0.25, 0.3) is 0 Å². The molecule has 0 radical (unpaired) electrons. The molecule has 0 heterocycles. The van der Waals surface area contributed by atoms with Gasteiger partial charge in [-0.05, 0) is 18.4 Å². The van der Waals surface area contributed by atoms with Gasteiger partial charge in [0.15, 0.2) is 6.04 Å². The van der Waals surface area contributed by atoms with Crippen LogP contribution in [0.1, 0.15) is 50.7 Å². The number of amides is 1. The number of hydrogen-bond acceptors (Lipinski definition) is 1. The van der Waals surface area contributed by atoms with E-state index in [9.17, 15) is 4.79 Å². The Hall–Kier alpha value is -1.35. The van der Waals surface area contributed by atoms with Crippen LogP contribution in [0.5, 0.6) is 0 Å². The van der Waals surface area contributed by atoms with Crippen LogP contribution in [0.2, 0.25) is 0 Å². The number of likely N-dealkylation sites (N-methyl/N-ethyl adjacent to an activating group) is 1. The molecule has 2 rings (SSSR count). The minimum atomic E-state index is 0.0253. The fourth-order valence-electron chi connectivity index (χ4n) is 2.75. The fraction of sp³-hybridized carbons (Fsp3) is 0.588. The molecule has 1 unspecified atom stereocenters. The van der Waals surface area contributed by atoms with E-state index in [1.165, 1.54) is 28.9 Å². The summed E-state index contributed by atoms with van der Waals surface area (Å²) < 4.78 is 0. The lowest BCUT2D eigenvalue weighted by Crippen LogP contribution is -3.16. The summed E-state index contributed by atoms with van der Waals surface area (Å²) in [6.45, 7) is 7.40. The number of quaternary nitrogens is 1. The molecule has 1 saturated carbocycles. The van der Waals surface area contributed by atoms with E-state index in [1.54, 1.807) is 7.05 Å². The monoisotopic (exact) mass is 275 g/mol. The summed E-state index contributed by atoms with van der Waals surface area (Å²) in [6.07, 6.45) is 2.50. The van der Waals surface area contributed by atoms with Crippen molar-refractivity contribution in [2.24, 2.45) is 0 Å². The minimum Gasteiger partial charge on any atom is -0.354 e. The number of hydrogen-bond donors (Lipinski definition) is 2. The second-order valence-corrected chi connectivity index (χ2v) is 6.26. The van der Waals surface area contributed by atoms with E-state index in [2.05, 4.69) is 43.4 Å². The zero-order valence-electron chi connectivity index (χ0n) is 13.1. The number of rotatable bonds is 6. The molecule has 0 saturated heterocycles. The van der Waals surface area contributed by atoms with E-state index in [0.29, 0.717) is 12.0 Å². The van der Waals surface area contributed by atoms with E-state index in [-0.39, 0.29) is 11.9 Å². The van der Waals surface area contributed by atoms with Gasteiger partial charge < -0.3 is 10.2 Å². The molecular weight excluding hydrogens is 248 g/mol. The van der Waals surface area contributed by atoms with Crippen molar-refractivity contribution in [2.45, 2.75) is 58.2 Å². The lowest BCUT2D eigenvalue weighted by Gasteiger charge is -2.25. The summed E-state index contributed by atoms with van der Waals surface area (Å²) in [5, 5.41) is 2.78. The van der Waals surface area contributed by atoms with Crippen LogP contribution >= 0.6 is 0 Å². The number of carbonyl (C=O) groups is 1. The van der Waals surface area contributed by atoms with E-state index in [1.807, 2.05) is 6.92 Å². The zero-order chi connectivity index (χ0) is 14.7. The molecule has 1 fully saturated rings.